The van der Waals surface area contributed by atoms with Crippen LogP contribution >= 0.6 is 0 Å². The summed E-state index contributed by atoms with van der Waals surface area (Å²) in [6.07, 6.45) is 0. The topological polar surface area (TPSA) is 64.7 Å². The minimum atomic E-state index is -0.334. The van der Waals surface area contributed by atoms with E-state index in [1.807, 2.05) is 37.3 Å². The fourth-order valence-corrected chi connectivity index (χ4v) is 3.45. The number of carbonyl (C=O) groups excluding carboxylic acids is 2. The first kappa shape index (κ1) is 21.9. The molecule has 1 atom stereocenters. The molecule has 2 amide bonds. The van der Waals surface area contributed by atoms with Gasteiger partial charge in [-0.05, 0) is 37.1 Å². The first-order valence-corrected chi connectivity index (χ1v) is 10.3. The summed E-state index contributed by atoms with van der Waals surface area (Å²) in [5.41, 5.74) is 2.08. The van der Waals surface area contributed by atoms with Gasteiger partial charge in [-0.15, -0.1) is 0 Å². The van der Waals surface area contributed by atoms with E-state index in [1.54, 1.807) is 19.1 Å². The number of anilines is 1. The second kappa shape index (κ2) is 10.3. The van der Waals surface area contributed by atoms with Crippen molar-refractivity contribution in [2.45, 2.75) is 26.4 Å². The lowest BCUT2D eigenvalue weighted by molar-refractivity contribution is -0.124. The first-order valence-electron chi connectivity index (χ1n) is 10.3. The van der Waals surface area contributed by atoms with Crippen LogP contribution in [0.4, 0.5) is 10.1 Å². The molecule has 1 aliphatic rings. The van der Waals surface area contributed by atoms with Gasteiger partial charge in [-0.1, -0.05) is 36.4 Å². The Morgan fingerprint density at radius 2 is 1.77 bits per heavy atom. The third-order valence-corrected chi connectivity index (χ3v) is 5.47. The summed E-state index contributed by atoms with van der Waals surface area (Å²) in [5.74, 6) is -0.494. The van der Waals surface area contributed by atoms with Crippen LogP contribution in [-0.4, -0.2) is 60.4 Å². The van der Waals surface area contributed by atoms with Crippen molar-refractivity contribution in [2.24, 2.45) is 0 Å². The van der Waals surface area contributed by atoms with Crippen molar-refractivity contribution in [2.75, 3.05) is 38.0 Å². The Hall–Kier alpha value is -2.77. The van der Waals surface area contributed by atoms with Crippen molar-refractivity contribution in [1.82, 2.24) is 15.1 Å². The van der Waals surface area contributed by atoms with Gasteiger partial charge in [0.25, 0.3) is 0 Å². The van der Waals surface area contributed by atoms with Gasteiger partial charge in [0, 0.05) is 38.4 Å². The third-order valence-electron chi connectivity index (χ3n) is 5.47. The Bertz CT molecular complexity index is 867. The molecule has 0 aliphatic carbocycles. The van der Waals surface area contributed by atoms with Crippen molar-refractivity contribution in [3.8, 4) is 0 Å². The van der Waals surface area contributed by atoms with Gasteiger partial charge in [-0.25, -0.2) is 4.39 Å². The summed E-state index contributed by atoms with van der Waals surface area (Å²) >= 11 is 0. The summed E-state index contributed by atoms with van der Waals surface area (Å²) in [7, 11) is 0. The summed E-state index contributed by atoms with van der Waals surface area (Å²) in [5, 5.41) is 5.73. The van der Waals surface area contributed by atoms with E-state index in [0.717, 1.165) is 18.7 Å². The molecule has 2 aromatic carbocycles. The minimum absolute atomic E-state index is 0.000470. The number of amides is 2. The molecule has 3 rings (SSSR count). The summed E-state index contributed by atoms with van der Waals surface area (Å²) in [4.78, 5) is 28.9. The molecule has 7 heteroatoms. The lowest BCUT2D eigenvalue weighted by Gasteiger charge is -2.37. The van der Waals surface area contributed by atoms with E-state index in [9.17, 15) is 14.0 Å². The van der Waals surface area contributed by atoms with Crippen LogP contribution in [0.25, 0.3) is 0 Å². The molecule has 6 nitrogen and oxygen atoms in total. The van der Waals surface area contributed by atoms with Crippen molar-refractivity contribution < 1.29 is 14.0 Å². The molecule has 1 heterocycles. The molecule has 0 bridgehead atoms. The number of benzene rings is 2. The van der Waals surface area contributed by atoms with Gasteiger partial charge < -0.3 is 10.6 Å². The predicted molar refractivity (Wildman–Crippen MR) is 116 cm³/mol. The Balaban J connectivity index is 1.41. The summed E-state index contributed by atoms with van der Waals surface area (Å²) < 4.78 is 13.7. The molecular formula is C23H29FN4O2. The van der Waals surface area contributed by atoms with E-state index >= 15 is 0 Å². The Morgan fingerprint density at radius 3 is 2.43 bits per heavy atom. The maximum atomic E-state index is 13.7. The van der Waals surface area contributed by atoms with Gasteiger partial charge in [-0.2, -0.15) is 0 Å². The molecule has 30 heavy (non-hydrogen) atoms. The lowest BCUT2D eigenvalue weighted by atomic mass is 10.2. The zero-order valence-electron chi connectivity index (χ0n) is 17.5. The molecule has 0 radical (unpaired) electrons. The number of nitrogens with zero attached hydrogens (tertiary/aromatic N) is 2. The molecule has 2 aromatic rings. The van der Waals surface area contributed by atoms with Gasteiger partial charge in [0.1, 0.15) is 5.82 Å². The van der Waals surface area contributed by atoms with Crippen LogP contribution in [-0.2, 0) is 16.1 Å². The highest BCUT2D eigenvalue weighted by molar-refractivity contribution is 5.94. The van der Waals surface area contributed by atoms with E-state index in [0.29, 0.717) is 37.4 Å². The van der Waals surface area contributed by atoms with Crippen LogP contribution in [0.1, 0.15) is 18.1 Å². The van der Waals surface area contributed by atoms with Gasteiger partial charge in [0.15, 0.2) is 0 Å². The van der Waals surface area contributed by atoms with Crippen molar-refractivity contribution in [3.63, 3.8) is 0 Å². The smallest absolute Gasteiger partial charge is 0.241 e. The fraction of sp³-hybridized carbons (Fsp3) is 0.391. The summed E-state index contributed by atoms with van der Waals surface area (Å²) in [6, 6.07) is 14.2. The van der Waals surface area contributed by atoms with Gasteiger partial charge in [0.2, 0.25) is 11.8 Å². The van der Waals surface area contributed by atoms with E-state index in [1.165, 1.54) is 6.07 Å². The molecule has 2 N–H and O–H groups in total. The van der Waals surface area contributed by atoms with E-state index in [4.69, 9.17) is 0 Å². The largest absolute Gasteiger partial charge is 0.351 e. The average molecular weight is 413 g/mol. The summed E-state index contributed by atoms with van der Waals surface area (Å²) in [6.45, 7) is 7.24. The van der Waals surface area contributed by atoms with Crippen LogP contribution in [0.15, 0.2) is 48.5 Å². The van der Waals surface area contributed by atoms with E-state index < -0.39 is 0 Å². The highest BCUT2D eigenvalue weighted by atomic mass is 19.1. The molecule has 0 saturated carbocycles. The van der Waals surface area contributed by atoms with E-state index in [2.05, 4.69) is 20.4 Å². The molecule has 160 valence electrons. The van der Waals surface area contributed by atoms with Crippen LogP contribution in [0.3, 0.4) is 0 Å². The van der Waals surface area contributed by atoms with Crippen molar-refractivity contribution in [1.29, 1.82) is 0 Å². The maximum absolute atomic E-state index is 13.7. The molecule has 0 spiro atoms. The lowest BCUT2D eigenvalue weighted by Crippen LogP contribution is -2.54. The first-order chi connectivity index (χ1) is 14.4. The van der Waals surface area contributed by atoms with Crippen LogP contribution in [0.2, 0.25) is 0 Å². The number of piperazine rings is 1. The Kier molecular flexibility index (Phi) is 7.54. The number of aryl methyl sites for hydroxylation is 1. The Labute approximate surface area is 177 Å². The second-order valence-corrected chi connectivity index (χ2v) is 7.70. The van der Waals surface area contributed by atoms with Crippen molar-refractivity contribution >= 4 is 17.5 Å². The molecule has 0 unspecified atom stereocenters. The van der Waals surface area contributed by atoms with Gasteiger partial charge in [0.05, 0.1) is 12.6 Å². The maximum Gasteiger partial charge on any atom is 0.241 e. The number of hydrogen-bond acceptors (Lipinski definition) is 4. The monoisotopic (exact) mass is 412 g/mol. The van der Waals surface area contributed by atoms with Crippen LogP contribution in [0, 0.1) is 12.7 Å². The highest BCUT2D eigenvalue weighted by Gasteiger charge is 2.26. The molecular weight excluding hydrogens is 383 g/mol. The number of hydrogen-bond donors (Lipinski definition) is 2. The van der Waals surface area contributed by atoms with Gasteiger partial charge in [-0.3, -0.25) is 19.4 Å². The fourth-order valence-electron chi connectivity index (χ4n) is 3.45. The Morgan fingerprint density at radius 1 is 1.07 bits per heavy atom. The number of rotatable bonds is 7. The normalized spacial score (nSPS) is 16.1. The average Bonchev–Trinajstić information content (AvgIpc) is 2.75. The zero-order valence-corrected chi connectivity index (χ0v) is 17.5. The minimum Gasteiger partial charge on any atom is -0.351 e. The second-order valence-electron chi connectivity index (χ2n) is 7.70. The quantitative estimate of drug-likeness (QED) is 0.733. The number of carbonyl (C=O) groups is 2. The predicted octanol–water partition coefficient (Wildman–Crippen LogP) is 2.40. The number of nitrogens with one attached hydrogen (secondary N) is 2. The molecule has 0 aromatic heterocycles. The third kappa shape index (κ3) is 6.11. The van der Waals surface area contributed by atoms with Crippen molar-refractivity contribution in [3.05, 3.63) is 65.5 Å². The molecule has 1 saturated heterocycles. The molecule has 1 fully saturated rings. The highest BCUT2D eigenvalue weighted by Crippen LogP contribution is 2.15. The zero-order chi connectivity index (χ0) is 21.5. The van der Waals surface area contributed by atoms with Crippen LogP contribution < -0.4 is 10.6 Å². The SMILES string of the molecule is Cc1ccc(NC(=O)[C@@H](C)N2CCN(CC(=O)NCc3ccccc3)CC2)cc1F. The molecule has 1 aliphatic heterocycles. The van der Waals surface area contributed by atoms with Gasteiger partial charge >= 0.3 is 0 Å². The van der Waals surface area contributed by atoms with E-state index in [-0.39, 0.29) is 23.7 Å². The van der Waals surface area contributed by atoms with Crippen LogP contribution in [0.5, 0.6) is 0 Å². The number of halogens is 1. The standard InChI is InChI=1S/C23H29FN4O2/c1-17-8-9-20(14-21(17)24)26-23(30)18(2)28-12-10-27(11-13-28)16-22(29)25-15-19-6-4-3-5-7-19/h3-9,14,18H,10-13,15-16H2,1-2H3,(H,25,29)(H,26,30)/t18-/m1/s1.